The Morgan fingerprint density at radius 2 is 1.75 bits per heavy atom. The third-order valence-electron chi connectivity index (χ3n) is 6.04. The van der Waals surface area contributed by atoms with Crippen molar-refractivity contribution < 1.29 is 19.2 Å². The Labute approximate surface area is 144 Å². The molecule has 3 atom stereocenters. The number of hydrogen-bond donors (Lipinski definition) is 1. The van der Waals surface area contributed by atoms with Gasteiger partial charge in [-0.3, -0.25) is 0 Å². The molecule has 24 heavy (non-hydrogen) atoms. The number of hydroxylamine groups is 1. The Bertz CT molecular complexity index is 511. The number of nitrogens with one attached hydrogen (secondary N) is 1. The van der Waals surface area contributed by atoms with E-state index in [4.69, 9.17) is 9.57 Å². The van der Waals surface area contributed by atoms with Gasteiger partial charge in [0, 0.05) is 25.2 Å². The fourth-order valence-corrected chi connectivity index (χ4v) is 4.04. The topological polar surface area (TPSA) is 64.6 Å². The van der Waals surface area contributed by atoms with Gasteiger partial charge in [-0.2, -0.15) is 0 Å². The second-order valence-electron chi connectivity index (χ2n) is 7.37. The van der Waals surface area contributed by atoms with E-state index in [0.29, 0.717) is 18.9 Å². The second kappa shape index (κ2) is 7.92. The predicted octanol–water partition coefficient (Wildman–Crippen LogP) is 3.97. The molecule has 1 unspecified atom stereocenters. The van der Waals surface area contributed by atoms with Gasteiger partial charge in [-0.15, -0.1) is 17.3 Å². The summed E-state index contributed by atoms with van der Waals surface area (Å²) < 4.78 is 5.28. The van der Waals surface area contributed by atoms with Crippen LogP contribution in [0.5, 0.6) is 0 Å². The number of rotatable bonds is 6. The van der Waals surface area contributed by atoms with Crippen LogP contribution in [0.2, 0.25) is 0 Å². The van der Waals surface area contributed by atoms with Crippen LogP contribution in [0.25, 0.3) is 0 Å². The zero-order valence-electron chi connectivity index (χ0n) is 15.1. The lowest BCUT2D eigenvalue weighted by Gasteiger charge is -2.17. The highest BCUT2D eigenvalue weighted by Gasteiger charge is 2.69. The minimum Gasteiger partial charge on any atom is -0.447 e. The number of ether oxygens (including phenoxy) is 1. The van der Waals surface area contributed by atoms with Crippen molar-refractivity contribution in [1.29, 1.82) is 0 Å². The van der Waals surface area contributed by atoms with Crippen LogP contribution in [-0.4, -0.2) is 18.7 Å². The average molecular weight is 335 g/mol. The molecule has 0 spiro atoms. The zero-order valence-corrected chi connectivity index (χ0v) is 15.1. The van der Waals surface area contributed by atoms with Crippen molar-refractivity contribution in [3.05, 3.63) is 0 Å². The van der Waals surface area contributed by atoms with Gasteiger partial charge in [0.25, 0.3) is 0 Å². The van der Waals surface area contributed by atoms with Crippen molar-refractivity contribution in [2.45, 2.75) is 72.1 Å². The van der Waals surface area contributed by atoms with Crippen LogP contribution in [0.3, 0.4) is 0 Å². The van der Waals surface area contributed by atoms with Gasteiger partial charge in [0.2, 0.25) is 0 Å². The lowest BCUT2D eigenvalue weighted by molar-refractivity contribution is -0.150. The molecule has 2 aliphatic rings. The first-order valence-corrected chi connectivity index (χ1v) is 9.02. The van der Waals surface area contributed by atoms with E-state index >= 15 is 0 Å². The summed E-state index contributed by atoms with van der Waals surface area (Å²) >= 11 is 0. The minimum atomic E-state index is -0.693. The number of carbonyl (C=O) groups is 2. The quantitative estimate of drug-likeness (QED) is 0.453. The number of unbranched alkanes of at least 4 members (excludes halogenated alkanes) is 2. The highest BCUT2D eigenvalue weighted by Crippen LogP contribution is 2.73. The van der Waals surface area contributed by atoms with Crippen LogP contribution < -0.4 is 5.48 Å². The Morgan fingerprint density at radius 1 is 1.12 bits per heavy atom. The lowest BCUT2D eigenvalue weighted by Crippen LogP contribution is -2.28. The summed E-state index contributed by atoms with van der Waals surface area (Å²) in [6.45, 7) is 6.94. The summed E-state index contributed by atoms with van der Waals surface area (Å²) in [4.78, 5) is 27.9. The first-order valence-electron chi connectivity index (χ1n) is 9.02. The van der Waals surface area contributed by atoms with Crippen molar-refractivity contribution >= 4 is 12.1 Å². The molecule has 1 saturated carbocycles. The molecule has 0 bridgehead atoms. The molecule has 2 rings (SSSR count). The summed E-state index contributed by atoms with van der Waals surface area (Å²) in [6.07, 6.45) is 6.29. The van der Waals surface area contributed by atoms with Crippen LogP contribution in [0.15, 0.2) is 0 Å². The molecule has 1 N–H and O–H groups in total. The molecule has 0 heterocycles. The average Bonchev–Trinajstić information content (AvgIpc) is 2.98. The van der Waals surface area contributed by atoms with Crippen LogP contribution in [-0.2, 0) is 14.4 Å². The van der Waals surface area contributed by atoms with E-state index in [1.807, 2.05) is 0 Å². The van der Waals surface area contributed by atoms with Gasteiger partial charge in [-0.05, 0) is 30.1 Å². The molecule has 5 nitrogen and oxygen atoms in total. The summed E-state index contributed by atoms with van der Waals surface area (Å²) in [5, 5.41) is 0. The highest BCUT2D eigenvalue weighted by molar-refractivity contribution is 5.73. The van der Waals surface area contributed by atoms with E-state index in [1.54, 1.807) is 0 Å². The van der Waals surface area contributed by atoms with Crippen molar-refractivity contribution in [3.63, 3.8) is 0 Å². The SMILES string of the molecule is CCCCCC(=O)ONC(=O)OCC1[C@]2(C)CCC#CCC[C@]12C. The fraction of sp³-hybridized carbons (Fsp3) is 0.789. The van der Waals surface area contributed by atoms with Crippen LogP contribution >= 0.6 is 0 Å². The van der Waals surface area contributed by atoms with Gasteiger partial charge >= 0.3 is 12.1 Å². The maximum atomic E-state index is 11.7. The van der Waals surface area contributed by atoms with E-state index in [9.17, 15) is 9.59 Å². The third kappa shape index (κ3) is 4.03. The molecule has 0 aromatic rings. The van der Waals surface area contributed by atoms with Gasteiger partial charge in [-0.25, -0.2) is 9.59 Å². The van der Waals surface area contributed by atoms with E-state index in [0.717, 1.165) is 44.9 Å². The second-order valence-corrected chi connectivity index (χ2v) is 7.37. The van der Waals surface area contributed by atoms with Gasteiger partial charge in [0.05, 0.1) is 6.61 Å². The van der Waals surface area contributed by atoms with Crippen molar-refractivity contribution in [1.82, 2.24) is 5.48 Å². The van der Waals surface area contributed by atoms with Crippen molar-refractivity contribution in [2.24, 2.45) is 16.7 Å². The maximum Gasteiger partial charge on any atom is 0.440 e. The molecule has 2 aliphatic carbocycles. The fourth-order valence-electron chi connectivity index (χ4n) is 4.04. The number of fused-ring (bicyclic) bond motifs is 1. The minimum absolute atomic E-state index is 0.180. The molecule has 134 valence electrons. The summed E-state index contributed by atoms with van der Waals surface area (Å²) in [6, 6.07) is 0. The van der Waals surface area contributed by atoms with E-state index < -0.39 is 12.1 Å². The summed E-state index contributed by atoms with van der Waals surface area (Å²) in [7, 11) is 0. The van der Waals surface area contributed by atoms with Crippen LogP contribution in [0, 0.1) is 28.6 Å². The van der Waals surface area contributed by atoms with Gasteiger partial charge < -0.3 is 9.57 Å². The standard InChI is InChI=1S/C19H29NO4/c1-4-5-8-11-16(21)24-20-17(22)23-14-15-18(2)12-9-6-7-10-13-19(15,18)3/h15H,4-5,8-14H2,1-3H3,(H,20,22)/t15?,18-,19+. The van der Waals surface area contributed by atoms with Crippen LogP contribution in [0.1, 0.15) is 72.1 Å². The molecular formula is C19H29NO4. The predicted molar refractivity (Wildman–Crippen MR) is 90.7 cm³/mol. The number of hydrogen-bond acceptors (Lipinski definition) is 4. The first kappa shape index (κ1) is 18.6. The smallest absolute Gasteiger partial charge is 0.440 e. The van der Waals surface area contributed by atoms with Gasteiger partial charge in [0.1, 0.15) is 0 Å². The molecule has 0 radical (unpaired) electrons. The van der Waals surface area contributed by atoms with E-state index in [1.165, 1.54) is 0 Å². The van der Waals surface area contributed by atoms with E-state index in [2.05, 4.69) is 38.1 Å². The molecule has 0 saturated heterocycles. The number of carbonyl (C=O) groups excluding carboxylic acids is 2. The zero-order chi connectivity index (χ0) is 17.6. The highest BCUT2D eigenvalue weighted by atomic mass is 16.7. The number of amides is 1. The Kier molecular flexibility index (Phi) is 6.15. The van der Waals surface area contributed by atoms with Crippen molar-refractivity contribution in [3.8, 4) is 11.8 Å². The molecular weight excluding hydrogens is 306 g/mol. The van der Waals surface area contributed by atoms with Gasteiger partial charge in [-0.1, -0.05) is 33.6 Å². The molecule has 0 aromatic heterocycles. The monoisotopic (exact) mass is 335 g/mol. The first-order chi connectivity index (χ1) is 11.4. The summed E-state index contributed by atoms with van der Waals surface area (Å²) in [5.74, 6) is 6.30. The Balaban J connectivity index is 1.70. The molecule has 0 aliphatic heterocycles. The largest absolute Gasteiger partial charge is 0.447 e. The molecule has 0 aromatic carbocycles. The molecule has 1 fully saturated rings. The van der Waals surface area contributed by atoms with Crippen LogP contribution in [0.4, 0.5) is 4.79 Å². The van der Waals surface area contributed by atoms with E-state index in [-0.39, 0.29) is 10.8 Å². The van der Waals surface area contributed by atoms with Gasteiger partial charge in [0.15, 0.2) is 0 Å². The Hall–Kier alpha value is -1.70. The molecule has 5 heteroatoms. The molecule has 1 amide bonds. The summed E-state index contributed by atoms with van der Waals surface area (Å²) in [5.41, 5.74) is 2.45. The normalized spacial score (nSPS) is 30.7. The lowest BCUT2D eigenvalue weighted by atomic mass is 9.87. The van der Waals surface area contributed by atoms with Crippen molar-refractivity contribution in [2.75, 3.05) is 6.61 Å². The maximum absolute atomic E-state index is 11.7. The third-order valence-corrected chi connectivity index (χ3v) is 6.04. The Morgan fingerprint density at radius 3 is 2.33 bits per heavy atom.